The van der Waals surface area contributed by atoms with Crippen LogP contribution in [0.4, 0.5) is 14.4 Å². The van der Waals surface area contributed by atoms with Crippen LogP contribution in [0.2, 0.25) is 0 Å². The molecule has 385 valence electrons. The molecule has 4 saturated heterocycles. The van der Waals surface area contributed by atoms with Crippen LogP contribution < -0.4 is 5.32 Å². The summed E-state index contributed by atoms with van der Waals surface area (Å²) in [5.74, 6) is -0.990. The van der Waals surface area contributed by atoms with E-state index in [2.05, 4.69) is 19.2 Å². The van der Waals surface area contributed by atoms with Gasteiger partial charge in [0.1, 0.15) is 16.8 Å². The van der Waals surface area contributed by atoms with Gasteiger partial charge in [-0.05, 0) is 101 Å². The van der Waals surface area contributed by atoms with E-state index in [1.165, 1.54) is 11.3 Å². The molecule has 0 aromatic heterocycles. The van der Waals surface area contributed by atoms with Crippen LogP contribution in [0.15, 0.2) is 0 Å². The first-order valence-electron chi connectivity index (χ1n) is 21.4. The number of hydrogen-bond acceptors (Lipinski definition) is 13. The number of halogens is 3. The fraction of sp³-hybridized carbons (Fsp3) is 0.905. The standard InChI is InChI=1S/C12H23NO3.C11H19NO5.C11H21NO4.C7H15NO.CH4.3ClH.H2O.Ru/c1-5-10-6-7-13(8-9-15-10)11(14)16-12(2,3)4;1-11(2,3)17-10(15)12-5-4-8(9(13)14)16-7-6-12;1-11(2,3)16-10(14)12-5-4-9(8-13)15-7-6-12;1-2-7-3-4-8-5-6-9-7;;;;;;/h10H,5-9H2,1-4H3;8H,4-7H2,1-3H3,(H,13,14);9,13H,4-8H2,1-3H3;7-8H,2-6H2,1H3;1H4;3*1H;1H2;/q;;;;;;;;;+3/p-3. The summed E-state index contributed by atoms with van der Waals surface area (Å²) in [7, 11) is 14.8. The van der Waals surface area contributed by atoms with Gasteiger partial charge in [0.2, 0.25) is 0 Å². The Labute approximate surface area is 401 Å². The van der Waals surface area contributed by atoms with Crippen molar-refractivity contribution in [2.75, 3.05) is 85.4 Å². The van der Waals surface area contributed by atoms with Crippen LogP contribution >= 0.6 is 29.1 Å². The molecule has 0 aromatic rings. The molecule has 4 atom stereocenters. The van der Waals surface area contributed by atoms with Crippen LogP contribution in [0.25, 0.3) is 0 Å². The number of carbonyl (C=O) groups is 4. The van der Waals surface area contributed by atoms with Crippen LogP contribution in [0, 0.1) is 0 Å². The fourth-order valence-electron chi connectivity index (χ4n) is 5.70. The summed E-state index contributed by atoms with van der Waals surface area (Å²) >= 11 is -1.75. The molecule has 4 unspecified atom stereocenters. The second-order valence-electron chi connectivity index (χ2n) is 17.6. The summed E-state index contributed by atoms with van der Waals surface area (Å²) in [6.45, 7) is 28.3. The van der Waals surface area contributed by atoms with Crippen molar-refractivity contribution in [1.29, 1.82) is 0 Å². The zero-order valence-corrected chi connectivity index (χ0v) is 43.5. The van der Waals surface area contributed by atoms with Gasteiger partial charge in [-0.25, -0.2) is 19.2 Å². The molecule has 4 rings (SSSR count). The first-order valence-corrected chi connectivity index (χ1v) is 28.1. The van der Waals surface area contributed by atoms with Crippen LogP contribution in [0.1, 0.15) is 122 Å². The van der Waals surface area contributed by atoms with Crippen molar-refractivity contribution < 1.29 is 81.0 Å². The summed E-state index contributed by atoms with van der Waals surface area (Å²) in [5, 5.41) is 21.1. The van der Waals surface area contributed by atoms with Gasteiger partial charge in [-0.1, -0.05) is 21.3 Å². The monoisotopic (exact) mass is 1080 g/mol. The molecule has 5 N–H and O–H groups in total. The minimum atomic E-state index is -1.75. The molecule has 22 heteroatoms. The molecule has 4 aliphatic heterocycles. The topological polar surface area (TPSA) is 227 Å². The van der Waals surface area contributed by atoms with Crippen LogP contribution in [0.5, 0.6) is 0 Å². The van der Waals surface area contributed by atoms with Gasteiger partial charge in [0, 0.05) is 52.2 Å². The van der Waals surface area contributed by atoms with Gasteiger partial charge in [-0.2, -0.15) is 0 Å². The number of nitrogens with one attached hydrogen (secondary N) is 1. The van der Waals surface area contributed by atoms with Gasteiger partial charge in [-0.3, -0.25) is 0 Å². The second-order valence-corrected chi connectivity index (χ2v) is 25.5. The molecule has 0 aliphatic carbocycles. The molecule has 3 amide bonds. The Kier molecular flexibility index (Phi) is 37.1. The zero-order chi connectivity index (χ0) is 47.5. The molecule has 4 fully saturated rings. The average Bonchev–Trinajstić information content (AvgIpc) is 3.75. The van der Waals surface area contributed by atoms with Crippen molar-refractivity contribution in [2.45, 2.75) is 163 Å². The molecule has 0 saturated carbocycles. The Balaban J connectivity index is -0.000000758. The molecule has 0 bridgehead atoms. The fourth-order valence-corrected chi connectivity index (χ4v) is 5.70. The summed E-state index contributed by atoms with van der Waals surface area (Å²) in [6, 6.07) is 0. The third-order valence-electron chi connectivity index (χ3n) is 8.83. The van der Waals surface area contributed by atoms with Gasteiger partial charge in [0.05, 0.1) is 51.3 Å². The number of nitrogens with zero attached hydrogens (tertiary/aromatic N) is 3. The quantitative estimate of drug-likeness (QED) is 0.187. The van der Waals surface area contributed by atoms with E-state index in [1.54, 1.807) is 30.6 Å². The van der Waals surface area contributed by atoms with Gasteiger partial charge in [0.25, 0.3) is 0 Å². The summed E-state index contributed by atoms with van der Waals surface area (Å²) < 4.78 is 37.4. The van der Waals surface area contributed by atoms with Gasteiger partial charge in [-0.15, -0.1) is 0 Å². The van der Waals surface area contributed by atoms with Crippen molar-refractivity contribution in [3.05, 3.63) is 0 Å². The Morgan fingerprint density at radius 1 is 0.594 bits per heavy atom. The third-order valence-corrected chi connectivity index (χ3v) is 8.83. The number of amides is 3. The van der Waals surface area contributed by atoms with Crippen molar-refractivity contribution in [1.82, 2.24) is 20.0 Å². The van der Waals surface area contributed by atoms with Crippen LogP contribution in [0.3, 0.4) is 0 Å². The van der Waals surface area contributed by atoms with Crippen molar-refractivity contribution >= 4 is 53.3 Å². The van der Waals surface area contributed by atoms with E-state index in [0.717, 1.165) is 45.5 Å². The maximum atomic E-state index is 11.8. The van der Waals surface area contributed by atoms with E-state index >= 15 is 0 Å². The average molecular weight is 1080 g/mol. The van der Waals surface area contributed by atoms with E-state index in [4.69, 9.17) is 72.4 Å². The van der Waals surface area contributed by atoms with Crippen molar-refractivity contribution in [3.8, 4) is 0 Å². The van der Waals surface area contributed by atoms with E-state index in [-0.39, 0.29) is 56.9 Å². The first kappa shape index (κ1) is 66.8. The van der Waals surface area contributed by atoms with Crippen molar-refractivity contribution in [2.24, 2.45) is 0 Å². The van der Waals surface area contributed by atoms with E-state index in [1.807, 2.05) is 41.5 Å². The minimum absolute atomic E-state index is 0. The molecular formula is C42H84Cl3N4O14Ru. The Hall–Kier alpha value is -1.51. The van der Waals surface area contributed by atoms with E-state index < -0.39 is 47.9 Å². The normalized spacial score (nSPS) is 22.0. The Bertz CT molecular complexity index is 1200. The molecule has 18 nitrogen and oxygen atoms in total. The van der Waals surface area contributed by atoms with Crippen molar-refractivity contribution in [3.63, 3.8) is 0 Å². The zero-order valence-electron chi connectivity index (χ0n) is 39.5. The predicted molar refractivity (Wildman–Crippen MR) is 247 cm³/mol. The summed E-state index contributed by atoms with van der Waals surface area (Å²) in [5.41, 5.74) is -1.44. The predicted octanol–water partition coefficient (Wildman–Crippen LogP) is 7.18. The maximum absolute atomic E-state index is 11.8. The van der Waals surface area contributed by atoms with Gasteiger partial charge in [0.15, 0.2) is 6.10 Å². The number of ether oxygens (including phenoxy) is 7. The second kappa shape index (κ2) is 35.6. The van der Waals surface area contributed by atoms with Crippen LogP contribution in [-0.4, -0.2) is 181 Å². The molecular weight excluding hydrogens is 992 g/mol. The molecule has 64 heavy (non-hydrogen) atoms. The Morgan fingerprint density at radius 3 is 1.31 bits per heavy atom. The molecule has 0 aromatic carbocycles. The number of rotatable bonds is 4. The molecule has 0 spiro atoms. The number of carbonyl (C=O) groups excluding carboxylic acids is 3. The number of carboxylic acid groups (broad SMARTS) is 1. The Morgan fingerprint density at radius 2 is 0.938 bits per heavy atom. The van der Waals surface area contributed by atoms with E-state index in [0.29, 0.717) is 58.5 Å². The molecule has 0 radical (unpaired) electrons. The summed E-state index contributed by atoms with van der Waals surface area (Å²) in [4.78, 5) is 50.9. The molecule has 4 aliphatic rings. The summed E-state index contributed by atoms with van der Waals surface area (Å²) in [6.07, 6.45) is 4.01. The number of aliphatic hydroxyl groups is 1. The van der Waals surface area contributed by atoms with Gasteiger partial charge < -0.3 is 68.9 Å². The third kappa shape index (κ3) is 35.7. The van der Waals surface area contributed by atoms with Crippen LogP contribution in [-0.2, 0) is 50.9 Å². The number of hydrogen-bond donors (Lipinski definition) is 3. The molecule has 4 heterocycles. The first-order chi connectivity index (χ1) is 28.8. The number of carboxylic acids is 1. The number of aliphatic hydroxyl groups excluding tert-OH is 1. The SMILES string of the molecule is C.CC(C)(C)OC(=O)N1CCOC(C(=O)O)CC1.CC(C)(C)OC(=O)N1CCOC(CO)CC1.CCC1CCN(C(=O)OC(C)(C)C)CCO1.CCC1CCNCCO1.O.[Cl][Ru]([Cl])[Cl]. The van der Waals surface area contributed by atoms with Gasteiger partial charge >= 0.3 is 66.3 Å². The number of aliphatic carboxylic acids is 1. The van der Waals surface area contributed by atoms with E-state index in [9.17, 15) is 19.2 Å².